The van der Waals surface area contributed by atoms with Gasteiger partial charge in [-0.15, -0.1) is 11.3 Å². The van der Waals surface area contributed by atoms with Crippen LogP contribution < -0.4 is 0 Å². The maximum Gasteiger partial charge on any atom is 0.241 e. The van der Waals surface area contributed by atoms with Crippen LogP contribution in [0.15, 0.2) is 22.0 Å². The van der Waals surface area contributed by atoms with Gasteiger partial charge in [0.25, 0.3) is 0 Å². The molecule has 0 bridgehead atoms. The van der Waals surface area contributed by atoms with Crippen LogP contribution in [-0.4, -0.2) is 52.2 Å². The molecule has 0 spiro atoms. The molecule has 130 valence electrons. The number of hydrogen-bond donors (Lipinski definition) is 0. The molecule has 24 heavy (non-hydrogen) atoms. The van der Waals surface area contributed by atoms with E-state index >= 15 is 0 Å². The van der Waals surface area contributed by atoms with Gasteiger partial charge >= 0.3 is 0 Å². The summed E-state index contributed by atoms with van der Waals surface area (Å²) in [5.74, 6) is 1.46. The monoisotopic (exact) mass is 346 g/mol. The highest BCUT2D eigenvalue weighted by atomic mass is 32.1. The molecular formula is C18H26N4OS. The summed E-state index contributed by atoms with van der Waals surface area (Å²) in [5.41, 5.74) is 0. The van der Waals surface area contributed by atoms with Gasteiger partial charge in [-0.25, -0.2) is 0 Å². The summed E-state index contributed by atoms with van der Waals surface area (Å²) in [5, 5.41) is 6.16. The average molecular weight is 347 g/mol. The molecule has 2 aromatic rings. The van der Waals surface area contributed by atoms with Gasteiger partial charge in [0.05, 0.1) is 11.4 Å². The van der Waals surface area contributed by atoms with Crippen molar-refractivity contribution in [2.24, 2.45) is 0 Å². The molecule has 0 unspecified atom stereocenters. The number of nitrogens with zero attached hydrogens (tertiary/aromatic N) is 4. The highest BCUT2D eigenvalue weighted by Gasteiger charge is 2.24. The Morgan fingerprint density at radius 1 is 1.08 bits per heavy atom. The summed E-state index contributed by atoms with van der Waals surface area (Å²) >= 11 is 1.65. The molecule has 0 radical (unpaired) electrons. The SMILES string of the molecule is c1csc(-c2noc(CN3CCCN(C4CCCCC4)CC3)n2)c1. The normalized spacial score (nSPS) is 21.8. The van der Waals surface area contributed by atoms with Gasteiger partial charge in [-0.2, -0.15) is 4.98 Å². The van der Waals surface area contributed by atoms with Crippen LogP contribution in [0.2, 0.25) is 0 Å². The second kappa shape index (κ2) is 7.76. The molecule has 0 aromatic carbocycles. The van der Waals surface area contributed by atoms with Gasteiger partial charge in [-0.1, -0.05) is 30.5 Å². The van der Waals surface area contributed by atoms with Crippen molar-refractivity contribution in [3.05, 3.63) is 23.4 Å². The fraction of sp³-hybridized carbons (Fsp3) is 0.667. The largest absolute Gasteiger partial charge is 0.338 e. The van der Waals surface area contributed by atoms with Gasteiger partial charge in [0.2, 0.25) is 11.7 Å². The van der Waals surface area contributed by atoms with E-state index in [4.69, 9.17) is 4.52 Å². The molecule has 1 aliphatic heterocycles. The lowest BCUT2D eigenvalue weighted by atomic mass is 9.94. The third-order valence-corrected chi connectivity index (χ3v) is 6.15. The minimum atomic E-state index is 0.721. The lowest BCUT2D eigenvalue weighted by Gasteiger charge is -2.33. The Hall–Kier alpha value is -1.24. The van der Waals surface area contributed by atoms with Gasteiger partial charge in [0.15, 0.2) is 0 Å². The molecule has 4 rings (SSSR count). The summed E-state index contributed by atoms with van der Waals surface area (Å²) in [6.07, 6.45) is 8.29. The molecule has 0 amide bonds. The Labute approximate surface area is 147 Å². The maximum atomic E-state index is 5.47. The minimum Gasteiger partial charge on any atom is -0.338 e. The highest BCUT2D eigenvalue weighted by molar-refractivity contribution is 7.13. The topological polar surface area (TPSA) is 45.4 Å². The minimum absolute atomic E-state index is 0.721. The van der Waals surface area contributed by atoms with Crippen LogP contribution >= 0.6 is 11.3 Å². The number of aromatic nitrogens is 2. The summed E-state index contributed by atoms with van der Waals surface area (Å²) in [6, 6.07) is 4.88. The Morgan fingerprint density at radius 2 is 2.00 bits per heavy atom. The van der Waals surface area contributed by atoms with Crippen LogP contribution in [-0.2, 0) is 6.54 Å². The first kappa shape index (κ1) is 16.2. The summed E-state index contributed by atoms with van der Waals surface area (Å²) in [4.78, 5) is 10.8. The molecule has 2 aliphatic rings. The summed E-state index contributed by atoms with van der Waals surface area (Å²) in [6.45, 7) is 5.42. The number of rotatable bonds is 4. The van der Waals surface area contributed by atoms with E-state index in [0.29, 0.717) is 0 Å². The van der Waals surface area contributed by atoms with Gasteiger partial charge in [0.1, 0.15) is 0 Å². The molecule has 6 heteroatoms. The van der Waals surface area contributed by atoms with Crippen molar-refractivity contribution < 1.29 is 4.52 Å². The Kier molecular flexibility index (Phi) is 5.25. The lowest BCUT2D eigenvalue weighted by Crippen LogP contribution is -2.39. The van der Waals surface area contributed by atoms with Crippen LogP contribution in [0.3, 0.4) is 0 Å². The predicted molar refractivity (Wildman–Crippen MR) is 96.0 cm³/mol. The van der Waals surface area contributed by atoms with Crippen molar-refractivity contribution in [3.8, 4) is 10.7 Å². The van der Waals surface area contributed by atoms with Crippen LogP contribution in [0.25, 0.3) is 10.7 Å². The third-order valence-electron chi connectivity index (χ3n) is 5.28. The molecule has 0 N–H and O–H groups in total. The fourth-order valence-corrected chi connectivity index (χ4v) is 4.63. The standard InChI is InChI=1S/C18H26N4OS/c1-2-6-15(7-3-1)22-10-5-9-21(11-12-22)14-17-19-18(20-23-17)16-8-4-13-24-16/h4,8,13,15H,1-3,5-7,9-12,14H2. The highest BCUT2D eigenvalue weighted by Crippen LogP contribution is 2.24. The molecule has 2 fully saturated rings. The summed E-state index contributed by atoms with van der Waals surface area (Å²) < 4.78 is 5.47. The van der Waals surface area contributed by atoms with Gasteiger partial charge < -0.3 is 4.52 Å². The van der Waals surface area contributed by atoms with Crippen molar-refractivity contribution in [1.29, 1.82) is 0 Å². The van der Waals surface area contributed by atoms with Crippen LogP contribution in [0, 0.1) is 0 Å². The maximum absolute atomic E-state index is 5.47. The molecule has 1 aliphatic carbocycles. The zero-order chi connectivity index (χ0) is 16.2. The van der Waals surface area contributed by atoms with Gasteiger partial charge in [-0.05, 0) is 43.8 Å². The molecule has 1 saturated heterocycles. The molecule has 2 aromatic heterocycles. The zero-order valence-corrected chi connectivity index (χ0v) is 15.0. The smallest absolute Gasteiger partial charge is 0.241 e. The van der Waals surface area contributed by atoms with E-state index in [9.17, 15) is 0 Å². The Balaban J connectivity index is 1.32. The van der Waals surface area contributed by atoms with E-state index in [1.807, 2.05) is 17.5 Å². The van der Waals surface area contributed by atoms with Gasteiger partial charge in [0, 0.05) is 19.1 Å². The second-order valence-electron chi connectivity index (χ2n) is 6.95. The van der Waals surface area contributed by atoms with E-state index in [1.165, 1.54) is 51.6 Å². The van der Waals surface area contributed by atoms with E-state index in [2.05, 4.69) is 19.9 Å². The molecule has 5 nitrogen and oxygen atoms in total. The Morgan fingerprint density at radius 3 is 2.83 bits per heavy atom. The van der Waals surface area contributed by atoms with Gasteiger partial charge in [-0.3, -0.25) is 9.80 Å². The molecule has 3 heterocycles. The summed E-state index contributed by atoms with van der Waals surface area (Å²) in [7, 11) is 0. The predicted octanol–water partition coefficient (Wildman–Crippen LogP) is 3.64. The van der Waals surface area contributed by atoms with Crippen molar-refractivity contribution >= 4 is 11.3 Å². The Bertz CT molecular complexity index is 621. The number of hydrogen-bond acceptors (Lipinski definition) is 6. The average Bonchev–Trinajstić information content (AvgIpc) is 3.25. The van der Waals surface area contributed by atoms with E-state index in [-0.39, 0.29) is 0 Å². The molecule has 1 saturated carbocycles. The van der Waals surface area contributed by atoms with E-state index < -0.39 is 0 Å². The van der Waals surface area contributed by atoms with Crippen LogP contribution in [0.4, 0.5) is 0 Å². The van der Waals surface area contributed by atoms with E-state index in [0.717, 1.165) is 42.3 Å². The molecule has 0 atom stereocenters. The number of thiophene rings is 1. The lowest BCUT2D eigenvalue weighted by molar-refractivity contribution is 0.156. The van der Waals surface area contributed by atoms with Crippen molar-refractivity contribution in [2.45, 2.75) is 51.1 Å². The third kappa shape index (κ3) is 3.87. The first-order valence-corrected chi connectivity index (χ1v) is 10.1. The van der Waals surface area contributed by atoms with Crippen molar-refractivity contribution in [3.63, 3.8) is 0 Å². The van der Waals surface area contributed by atoms with Crippen molar-refractivity contribution in [2.75, 3.05) is 26.2 Å². The zero-order valence-electron chi connectivity index (χ0n) is 14.2. The van der Waals surface area contributed by atoms with Crippen molar-refractivity contribution in [1.82, 2.24) is 19.9 Å². The quantitative estimate of drug-likeness (QED) is 0.846. The fourth-order valence-electron chi connectivity index (χ4n) is 3.98. The first-order chi connectivity index (χ1) is 11.9. The second-order valence-corrected chi connectivity index (χ2v) is 7.89. The van der Waals surface area contributed by atoms with Crippen LogP contribution in [0.5, 0.6) is 0 Å². The first-order valence-electron chi connectivity index (χ1n) is 9.21. The van der Waals surface area contributed by atoms with E-state index in [1.54, 1.807) is 11.3 Å². The van der Waals surface area contributed by atoms with Crippen LogP contribution in [0.1, 0.15) is 44.4 Å². The molecular weight excluding hydrogens is 320 g/mol.